The van der Waals surface area contributed by atoms with E-state index in [4.69, 9.17) is 5.73 Å². The molecule has 2 N–H and O–H groups in total. The lowest BCUT2D eigenvalue weighted by Gasteiger charge is -2.22. The standard InChI is InChI=1S/C12H16F3N/c1-8-3-5-10(6-4-8)7-9(2)11(16)12(13,14)15/h3-6,9,11H,7,16H2,1-2H3. The Kier molecular flexibility index (Phi) is 3.97. The van der Waals surface area contributed by atoms with E-state index < -0.39 is 18.1 Å². The second kappa shape index (κ2) is 4.87. The zero-order chi connectivity index (χ0) is 12.3. The summed E-state index contributed by atoms with van der Waals surface area (Å²) in [5.74, 6) is -0.609. The molecule has 0 aliphatic heterocycles. The molecule has 16 heavy (non-hydrogen) atoms. The van der Waals surface area contributed by atoms with Gasteiger partial charge in [-0.2, -0.15) is 13.2 Å². The molecular weight excluding hydrogens is 215 g/mol. The van der Waals surface area contributed by atoms with Crippen LogP contribution in [0.4, 0.5) is 13.2 Å². The van der Waals surface area contributed by atoms with Gasteiger partial charge in [0, 0.05) is 0 Å². The molecule has 4 heteroatoms. The summed E-state index contributed by atoms with van der Waals surface area (Å²) in [6.45, 7) is 3.46. The van der Waals surface area contributed by atoms with Crippen LogP contribution in [0.3, 0.4) is 0 Å². The lowest BCUT2D eigenvalue weighted by atomic mass is 9.94. The lowest BCUT2D eigenvalue weighted by molar-refractivity contribution is -0.157. The van der Waals surface area contributed by atoms with Gasteiger partial charge < -0.3 is 5.73 Å². The molecule has 0 fully saturated rings. The van der Waals surface area contributed by atoms with Gasteiger partial charge in [0.05, 0.1) is 0 Å². The molecule has 90 valence electrons. The number of nitrogens with two attached hydrogens (primary N) is 1. The molecule has 1 aromatic rings. The SMILES string of the molecule is Cc1ccc(CC(C)C(N)C(F)(F)F)cc1. The fourth-order valence-corrected chi connectivity index (χ4v) is 1.55. The lowest BCUT2D eigenvalue weighted by Crippen LogP contribution is -2.43. The first-order valence-corrected chi connectivity index (χ1v) is 5.18. The van der Waals surface area contributed by atoms with Gasteiger partial charge in [-0.3, -0.25) is 0 Å². The quantitative estimate of drug-likeness (QED) is 0.850. The second-order valence-corrected chi connectivity index (χ2v) is 4.23. The fraction of sp³-hybridized carbons (Fsp3) is 0.500. The Labute approximate surface area is 93.5 Å². The summed E-state index contributed by atoms with van der Waals surface area (Å²) in [4.78, 5) is 0. The van der Waals surface area contributed by atoms with Crippen LogP contribution in [0.15, 0.2) is 24.3 Å². The number of rotatable bonds is 3. The molecule has 0 saturated heterocycles. The third-order valence-electron chi connectivity index (χ3n) is 2.67. The predicted molar refractivity (Wildman–Crippen MR) is 58.1 cm³/mol. The number of aryl methyl sites for hydroxylation is 1. The molecule has 0 amide bonds. The van der Waals surface area contributed by atoms with Crippen LogP contribution >= 0.6 is 0 Å². The molecule has 0 bridgehead atoms. The summed E-state index contributed by atoms with van der Waals surface area (Å²) in [6, 6.07) is 5.71. The molecule has 2 atom stereocenters. The summed E-state index contributed by atoms with van der Waals surface area (Å²) in [7, 11) is 0. The van der Waals surface area contributed by atoms with Crippen LogP contribution in [-0.2, 0) is 6.42 Å². The Bertz CT molecular complexity index is 329. The van der Waals surface area contributed by atoms with Crippen LogP contribution in [0.5, 0.6) is 0 Å². The van der Waals surface area contributed by atoms with Crippen molar-refractivity contribution in [2.24, 2.45) is 11.7 Å². The predicted octanol–water partition coefficient (Wildman–Crippen LogP) is 3.06. The molecule has 0 radical (unpaired) electrons. The number of alkyl halides is 3. The van der Waals surface area contributed by atoms with Crippen molar-refractivity contribution < 1.29 is 13.2 Å². The minimum absolute atomic E-state index is 0.348. The number of hydrogen-bond donors (Lipinski definition) is 1. The van der Waals surface area contributed by atoms with Crippen molar-refractivity contribution in [2.75, 3.05) is 0 Å². The van der Waals surface area contributed by atoms with E-state index in [1.165, 1.54) is 6.92 Å². The zero-order valence-corrected chi connectivity index (χ0v) is 9.38. The fourth-order valence-electron chi connectivity index (χ4n) is 1.55. The van der Waals surface area contributed by atoms with Gasteiger partial charge in [0.2, 0.25) is 0 Å². The Morgan fingerprint density at radius 1 is 1.19 bits per heavy atom. The van der Waals surface area contributed by atoms with Crippen molar-refractivity contribution in [1.82, 2.24) is 0 Å². The summed E-state index contributed by atoms with van der Waals surface area (Å²) < 4.78 is 37.0. The number of halogens is 3. The van der Waals surface area contributed by atoms with E-state index in [9.17, 15) is 13.2 Å². The normalized spacial score (nSPS) is 15.9. The summed E-state index contributed by atoms with van der Waals surface area (Å²) in [6.07, 6.45) is -3.97. The van der Waals surface area contributed by atoms with Crippen LogP contribution in [0.25, 0.3) is 0 Å². The molecule has 1 nitrogen and oxygen atoms in total. The van der Waals surface area contributed by atoms with Gasteiger partial charge in [0.25, 0.3) is 0 Å². The third-order valence-corrected chi connectivity index (χ3v) is 2.67. The van der Waals surface area contributed by atoms with Crippen molar-refractivity contribution in [3.8, 4) is 0 Å². The first kappa shape index (κ1) is 13.0. The van der Waals surface area contributed by atoms with E-state index >= 15 is 0 Å². The maximum Gasteiger partial charge on any atom is 0.403 e. The first-order chi connectivity index (χ1) is 7.30. The molecule has 0 aromatic heterocycles. The highest BCUT2D eigenvalue weighted by Crippen LogP contribution is 2.25. The van der Waals surface area contributed by atoms with Crippen molar-refractivity contribution in [2.45, 2.75) is 32.5 Å². The van der Waals surface area contributed by atoms with Crippen molar-refractivity contribution in [3.63, 3.8) is 0 Å². The largest absolute Gasteiger partial charge is 0.403 e. The Morgan fingerprint density at radius 2 is 1.69 bits per heavy atom. The van der Waals surface area contributed by atoms with Crippen LogP contribution < -0.4 is 5.73 Å². The van der Waals surface area contributed by atoms with Gasteiger partial charge in [-0.05, 0) is 24.8 Å². The highest BCUT2D eigenvalue weighted by Gasteiger charge is 2.39. The Morgan fingerprint density at radius 3 is 2.12 bits per heavy atom. The van der Waals surface area contributed by atoms with Crippen molar-refractivity contribution >= 4 is 0 Å². The molecule has 0 heterocycles. The molecule has 0 aliphatic carbocycles. The van der Waals surface area contributed by atoms with Crippen LogP contribution in [0.1, 0.15) is 18.1 Å². The van der Waals surface area contributed by atoms with Crippen molar-refractivity contribution in [3.05, 3.63) is 35.4 Å². The van der Waals surface area contributed by atoms with Gasteiger partial charge in [0.1, 0.15) is 6.04 Å². The minimum Gasteiger partial charge on any atom is -0.320 e. The molecule has 0 saturated carbocycles. The Balaban J connectivity index is 2.64. The molecule has 0 aliphatic rings. The average Bonchev–Trinajstić information content (AvgIpc) is 2.19. The maximum atomic E-state index is 12.3. The van der Waals surface area contributed by atoms with Gasteiger partial charge in [-0.1, -0.05) is 36.8 Å². The second-order valence-electron chi connectivity index (χ2n) is 4.23. The maximum absolute atomic E-state index is 12.3. The van der Waals surface area contributed by atoms with Crippen molar-refractivity contribution in [1.29, 1.82) is 0 Å². The van der Waals surface area contributed by atoms with Gasteiger partial charge in [0.15, 0.2) is 0 Å². The van der Waals surface area contributed by atoms with Crippen LogP contribution in [-0.4, -0.2) is 12.2 Å². The van der Waals surface area contributed by atoms with Gasteiger partial charge in [-0.15, -0.1) is 0 Å². The molecule has 1 rings (SSSR count). The monoisotopic (exact) mass is 231 g/mol. The molecule has 1 aromatic carbocycles. The minimum atomic E-state index is -4.32. The van der Waals surface area contributed by atoms with E-state index in [-0.39, 0.29) is 0 Å². The molecular formula is C12H16F3N. The van der Waals surface area contributed by atoms with E-state index in [2.05, 4.69) is 0 Å². The van der Waals surface area contributed by atoms with E-state index in [1.807, 2.05) is 31.2 Å². The third kappa shape index (κ3) is 3.52. The first-order valence-electron chi connectivity index (χ1n) is 5.18. The topological polar surface area (TPSA) is 26.0 Å². The smallest absolute Gasteiger partial charge is 0.320 e. The summed E-state index contributed by atoms with van der Waals surface area (Å²) in [5, 5.41) is 0. The van der Waals surface area contributed by atoms with Gasteiger partial charge >= 0.3 is 6.18 Å². The van der Waals surface area contributed by atoms with Crippen LogP contribution in [0, 0.1) is 12.8 Å². The van der Waals surface area contributed by atoms with E-state index in [0.29, 0.717) is 6.42 Å². The van der Waals surface area contributed by atoms with E-state index in [0.717, 1.165) is 11.1 Å². The van der Waals surface area contributed by atoms with Gasteiger partial charge in [-0.25, -0.2) is 0 Å². The Hall–Kier alpha value is -1.03. The molecule has 0 spiro atoms. The zero-order valence-electron chi connectivity index (χ0n) is 9.38. The summed E-state index contributed by atoms with van der Waals surface area (Å²) >= 11 is 0. The molecule has 2 unspecified atom stereocenters. The number of benzene rings is 1. The average molecular weight is 231 g/mol. The summed E-state index contributed by atoms with van der Waals surface area (Å²) in [5.41, 5.74) is 7.13. The highest BCUT2D eigenvalue weighted by molar-refractivity contribution is 5.21. The highest BCUT2D eigenvalue weighted by atomic mass is 19.4. The van der Waals surface area contributed by atoms with E-state index in [1.54, 1.807) is 0 Å². The van der Waals surface area contributed by atoms with Crippen LogP contribution in [0.2, 0.25) is 0 Å². The number of hydrogen-bond acceptors (Lipinski definition) is 1.